The Morgan fingerprint density at radius 2 is 1.00 bits per heavy atom. The molecule has 0 fully saturated rings. The van der Waals surface area contributed by atoms with Crippen LogP contribution in [0.15, 0.2) is 182 Å². The van der Waals surface area contributed by atoms with Gasteiger partial charge in [0.25, 0.3) is 0 Å². The zero-order valence-electron chi connectivity index (χ0n) is 45.9. The Morgan fingerprint density at radius 1 is 0.434 bits per heavy atom. The van der Waals surface area contributed by atoms with E-state index in [2.05, 4.69) is 274 Å². The number of anilines is 4. The molecule has 1 aliphatic rings. The molecule has 386 valence electrons. The summed E-state index contributed by atoms with van der Waals surface area (Å²) < 4.78 is 8.93. The molecule has 0 N–H and O–H groups in total. The van der Waals surface area contributed by atoms with Crippen LogP contribution in [-0.2, 0) is 42.7 Å². The Bertz CT molecular complexity index is 3760. The van der Waals surface area contributed by atoms with Crippen LogP contribution in [0.4, 0.5) is 22.7 Å². The molecular formula is C70H67N4OPt-3. The topological polar surface area (TPSA) is 33.5 Å². The third-order valence-corrected chi connectivity index (χ3v) is 14.8. The molecule has 3 heterocycles. The molecule has 0 radical (unpaired) electrons. The van der Waals surface area contributed by atoms with Crippen LogP contribution in [-0.4, -0.2) is 9.55 Å². The SMILES string of the molecule is CC(C)(C)c1ccc(-n2c3[c-]c(Oc4[c-]c(N5[CH-]N(c6c(-c7ccc(-c8cccc(C(C)(C)C)c8)cc7)cc(C(C)(C)C)cc6-c6cccc(C(C)(C)C)c6)c6ccccc65)ccc4)ccc3c3ccccc32)nc1.[Pt]. The molecule has 76 heavy (non-hydrogen) atoms. The van der Waals surface area contributed by atoms with Gasteiger partial charge in [-0.15, -0.1) is 48.1 Å². The van der Waals surface area contributed by atoms with Gasteiger partial charge in [-0.2, -0.15) is 12.1 Å². The van der Waals surface area contributed by atoms with Gasteiger partial charge in [0, 0.05) is 72.5 Å². The van der Waals surface area contributed by atoms with Gasteiger partial charge in [-0.1, -0.05) is 198 Å². The number of aromatic nitrogens is 2. The van der Waals surface area contributed by atoms with E-state index in [0.29, 0.717) is 11.5 Å². The van der Waals surface area contributed by atoms with Crippen LogP contribution in [0.1, 0.15) is 105 Å². The van der Waals surface area contributed by atoms with Gasteiger partial charge >= 0.3 is 0 Å². The molecule has 5 nitrogen and oxygen atoms in total. The van der Waals surface area contributed by atoms with Crippen molar-refractivity contribution in [1.29, 1.82) is 0 Å². The largest absolute Gasteiger partial charge is 0.509 e. The number of hydrogen-bond acceptors (Lipinski definition) is 4. The fourth-order valence-corrected chi connectivity index (χ4v) is 10.3. The molecule has 2 aromatic heterocycles. The van der Waals surface area contributed by atoms with Crippen molar-refractivity contribution >= 4 is 44.6 Å². The average molecular weight is 1180 g/mol. The fourth-order valence-electron chi connectivity index (χ4n) is 10.3. The summed E-state index contributed by atoms with van der Waals surface area (Å²) in [7, 11) is 0. The second kappa shape index (κ2) is 19.7. The number of fused-ring (bicyclic) bond motifs is 4. The fraction of sp³-hybridized carbons (Fsp3) is 0.229. The summed E-state index contributed by atoms with van der Waals surface area (Å²) in [5.41, 5.74) is 18.1. The van der Waals surface area contributed by atoms with Gasteiger partial charge in [0.1, 0.15) is 5.82 Å². The summed E-state index contributed by atoms with van der Waals surface area (Å²) in [6.07, 6.45) is 1.99. The zero-order valence-corrected chi connectivity index (χ0v) is 48.2. The maximum absolute atomic E-state index is 6.74. The second-order valence-electron chi connectivity index (χ2n) is 24.3. The van der Waals surface area contributed by atoms with E-state index in [1.165, 1.54) is 44.5 Å². The molecule has 11 rings (SSSR count). The van der Waals surface area contributed by atoms with E-state index < -0.39 is 0 Å². The summed E-state index contributed by atoms with van der Waals surface area (Å²) in [6.45, 7) is 29.5. The van der Waals surface area contributed by atoms with E-state index in [-0.39, 0.29) is 42.7 Å². The first-order chi connectivity index (χ1) is 35.7. The van der Waals surface area contributed by atoms with Gasteiger partial charge in [0.05, 0.1) is 0 Å². The van der Waals surface area contributed by atoms with Crippen LogP contribution >= 0.6 is 0 Å². The molecular weight excluding hydrogens is 1110 g/mol. The van der Waals surface area contributed by atoms with Crippen molar-refractivity contribution in [3.05, 3.63) is 223 Å². The van der Waals surface area contributed by atoms with Crippen molar-refractivity contribution in [2.75, 3.05) is 9.80 Å². The van der Waals surface area contributed by atoms with Crippen LogP contribution in [0.3, 0.4) is 0 Å². The molecule has 0 bridgehead atoms. The van der Waals surface area contributed by atoms with Crippen molar-refractivity contribution in [3.63, 3.8) is 0 Å². The van der Waals surface area contributed by atoms with Gasteiger partial charge in [0.15, 0.2) is 0 Å². The number of rotatable bonds is 8. The predicted molar refractivity (Wildman–Crippen MR) is 315 cm³/mol. The molecule has 0 atom stereocenters. The minimum Gasteiger partial charge on any atom is -0.509 e. The number of ether oxygens (including phenoxy) is 1. The Morgan fingerprint density at radius 3 is 1.64 bits per heavy atom. The predicted octanol–water partition coefficient (Wildman–Crippen LogP) is 19.2. The number of hydrogen-bond donors (Lipinski definition) is 0. The minimum absolute atomic E-state index is 0. The zero-order chi connectivity index (χ0) is 52.6. The normalized spacial score (nSPS) is 13.1. The molecule has 0 unspecified atom stereocenters. The van der Waals surface area contributed by atoms with E-state index >= 15 is 0 Å². The van der Waals surface area contributed by atoms with Gasteiger partial charge in [-0.05, 0) is 108 Å². The van der Waals surface area contributed by atoms with E-state index in [0.717, 1.165) is 61.5 Å². The first kappa shape index (κ1) is 52.2. The molecule has 0 saturated heterocycles. The Hall–Kier alpha value is -7.20. The van der Waals surface area contributed by atoms with Crippen LogP contribution in [0, 0.1) is 18.8 Å². The van der Waals surface area contributed by atoms with Crippen molar-refractivity contribution in [2.24, 2.45) is 0 Å². The van der Waals surface area contributed by atoms with E-state index in [1.54, 1.807) is 0 Å². The minimum atomic E-state index is -0.127. The first-order valence-corrected chi connectivity index (χ1v) is 26.3. The summed E-state index contributed by atoms with van der Waals surface area (Å²) in [5, 5.41) is 2.22. The summed E-state index contributed by atoms with van der Waals surface area (Å²) in [5.74, 6) is 2.02. The van der Waals surface area contributed by atoms with Gasteiger partial charge in [-0.3, -0.25) is 0 Å². The van der Waals surface area contributed by atoms with Crippen LogP contribution in [0.25, 0.3) is 61.0 Å². The smallest absolute Gasteiger partial charge is 0.135 e. The van der Waals surface area contributed by atoms with Crippen LogP contribution in [0.5, 0.6) is 11.5 Å². The molecule has 0 spiro atoms. The Labute approximate surface area is 465 Å². The van der Waals surface area contributed by atoms with Crippen LogP contribution in [0.2, 0.25) is 0 Å². The molecule has 10 aromatic rings. The van der Waals surface area contributed by atoms with Crippen LogP contribution < -0.4 is 14.5 Å². The summed E-state index contributed by atoms with van der Waals surface area (Å²) >= 11 is 0. The van der Waals surface area contributed by atoms with E-state index in [4.69, 9.17) is 9.72 Å². The maximum Gasteiger partial charge on any atom is 0.135 e. The van der Waals surface area contributed by atoms with Gasteiger partial charge in [-0.25, -0.2) is 4.98 Å². The summed E-state index contributed by atoms with van der Waals surface area (Å²) in [4.78, 5) is 9.61. The van der Waals surface area contributed by atoms with Crippen molar-refractivity contribution in [3.8, 4) is 50.7 Å². The number of para-hydroxylation sites is 3. The first-order valence-electron chi connectivity index (χ1n) is 26.3. The van der Waals surface area contributed by atoms with Gasteiger partial charge < -0.3 is 19.1 Å². The van der Waals surface area contributed by atoms with Gasteiger partial charge in [0.2, 0.25) is 0 Å². The van der Waals surface area contributed by atoms with Crippen molar-refractivity contribution in [1.82, 2.24) is 9.55 Å². The molecule has 0 aliphatic carbocycles. The molecule has 1 aliphatic heterocycles. The number of benzene rings is 8. The van der Waals surface area contributed by atoms with Crippen molar-refractivity contribution < 1.29 is 25.8 Å². The summed E-state index contributed by atoms with van der Waals surface area (Å²) in [6, 6.07) is 71.1. The Balaban J connectivity index is 0.00000657. The third kappa shape index (κ3) is 10.0. The van der Waals surface area contributed by atoms with E-state index in [1.807, 2.05) is 24.4 Å². The Kier molecular flexibility index (Phi) is 13.6. The molecule has 8 aromatic carbocycles. The van der Waals surface area contributed by atoms with E-state index in [9.17, 15) is 0 Å². The quantitative estimate of drug-likeness (QED) is 0.142. The maximum atomic E-state index is 6.74. The number of nitrogens with zero attached hydrogens (tertiary/aromatic N) is 4. The third-order valence-electron chi connectivity index (χ3n) is 14.8. The average Bonchev–Trinajstić information content (AvgIpc) is 3.94. The molecule has 0 amide bonds. The van der Waals surface area contributed by atoms with Crippen molar-refractivity contribution in [2.45, 2.75) is 105 Å². The molecule has 6 heteroatoms. The number of pyridine rings is 1. The second-order valence-corrected chi connectivity index (χ2v) is 24.3. The monoisotopic (exact) mass is 1170 g/mol. The molecule has 0 saturated carbocycles. The standard InChI is InChI=1S/C70H67N4O.Pt/c1-67(2,3)50-22-17-20-48(38-50)46-30-32-47(33-31-46)59-40-53(70(10,11)12)41-60(49-21-18-23-51(39-49)68(4,5)6)66(59)73-45-72(62-28-15-16-29-63(62)73)54-24-19-25-55(42-54)75-56-35-36-58-57-26-13-14-27-61(57)74(64(58)43-56)65-37-34-52(44-71-65)69(7,8)9;/h13-41,44-45H,1-12H3;/q-3;.